The fourth-order valence-electron chi connectivity index (χ4n) is 4.03. The molecule has 2 aromatic carbocycles. The van der Waals surface area contributed by atoms with Crippen LogP contribution in [0.15, 0.2) is 96.4 Å². The fourth-order valence-corrected chi connectivity index (χ4v) is 4.03. The molecule has 0 radical (unpaired) electrons. The van der Waals surface area contributed by atoms with Gasteiger partial charge >= 0.3 is 0 Å². The number of hydrogen-bond acceptors (Lipinski definition) is 5. The lowest BCUT2D eigenvalue weighted by Crippen LogP contribution is -2.31. The van der Waals surface area contributed by atoms with Crippen molar-refractivity contribution >= 4 is 11.9 Å². The smallest absolute Gasteiger partial charge is 0.149 e. The molecule has 0 bridgehead atoms. The maximum atomic E-state index is 5.87. The van der Waals surface area contributed by atoms with E-state index in [9.17, 15) is 0 Å². The van der Waals surface area contributed by atoms with E-state index in [0.29, 0.717) is 13.1 Å². The second kappa shape index (κ2) is 8.50. The average Bonchev–Trinajstić information content (AvgIpc) is 2.85. The van der Waals surface area contributed by atoms with E-state index in [4.69, 9.17) is 10.7 Å². The van der Waals surface area contributed by atoms with Gasteiger partial charge in [0.1, 0.15) is 6.17 Å². The topological polar surface area (TPSA) is 67.4 Å². The van der Waals surface area contributed by atoms with E-state index < -0.39 is 0 Å². The fraction of sp³-hybridized carbons (Fsp3) is 0.115. The normalized spacial score (nSPS) is 15.0. The van der Waals surface area contributed by atoms with E-state index in [1.165, 1.54) is 11.1 Å². The molecule has 5 nitrogen and oxygen atoms in total. The molecule has 0 spiro atoms. The highest BCUT2D eigenvalue weighted by Crippen LogP contribution is 2.39. The van der Waals surface area contributed by atoms with Gasteiger partial charge in [-0.25, -0.2) is 0 Å². The van der Waals surface area contributed by atoms with Gasteiger partial charge in [0.05, 0.1) is 12.2 Å². The lowest BCUT2D eigenvalue weighted by molar-refractivity contribution is 0.630. The second-order valence-electron chi connectivity index (χ2n) is 7.54. The first-order valence-corrected chi connectivity index (χ1v) is 10.4. The first kappa shape index (κ1) is 19.2. The molecular weight excluding hydrogens is 382 g/mol. The minimum Gasteiger partial charge on any atom is -0.339 e. The number of hydrogen-bond donors (Lipinski definition) is 1. The molecule has 0 saturated heterocycles. The Balaban J connectivity index is 1.63. The SMILES string of the molecule is NCc1cncc(C2N=Cc3c(-c4ccccc4)cccc3N2Cc2ccccn2)c1. The largest absolute Gasteiger partial charge is 0.339 e. The summed E-state index contributed by atoms with van der Waals surface area (Å²) < 4.78 is 0. The minimum absolute atomic E-state index is 0.195. The van der Waals surface area contributed by atoms with Gasteiger partial charge in [-0.15, -0.1) is 0 Å². The van der Waals surface area contributed by atoms with Crippen LogP contribution in [-0.2, 0) is 13.1 Å². The van der Waals surface area contributed by atoms with Gasteiger partial charge in [0.15, 0.2) is 0 Å². The predicted molar refractivity (Wildman–Crippen MR) is 125 cm³/mol. The highest BCUT2D eigenvalue weighted by atomic mass is 15.3. The van der Waals surface area contributed by atoms with Crippen LogP contribution in [0.4, 0.5) is 5.69 Å². The Morgan fingerprint density at radius 3 is 2.58 bits per heavy atom. The standard InChI is InChI=1S/C26H23N5/c27-14-19-13-21(16-28-15-19)26-30-17-24-23(20-7-2-1-3-8-20)10-6-11-25(24)31(26)18-22-9-4-5-12-29-22/h1-13,15-17,26H,14,18,27H2. The Morgan fingerprint density at radius 1 is 0.903 bits per heavy atom. The van der Waals surface area contributed by atoms with Crippen molar-refractivity contribution in [1.82, 2.24) is 9.97 Å². The molecule has 2 N–H and O–H groups in total. The maximum absolute atomic E-state index is 5.87. The lowest BCUT2D eigenvalue weighted by atomic mass is 9.96. The van der Waals surface area contributed by atoms with Gasteiger partial charge in [-0.2, -0.15) is 0 Å². The van der Waals surface area contributed by atoms with Crippen LogP contribution in [0.2, 0.25) is 0 Å². The van der Waals surface area contributed by atoms with Gasteiger partial charge in [0.2, 0.25) is 0 Å². The molecular formula is C26H23N5. The Kier molecular flexibility index (Phi) is 5.25. The summed E-state index contributed by atoms with van der Waals surface area (Å²) in [6.07, 6.45) is 7.31. The van der Waals surface area contributed by atoms with Crippen molar-refractivity contribution in [2.75, 3.05) is 4.90 Å². The zero-order valence-electron chi connectivity index (χ0n) is 17.1. The van der Waals surface area contributed by atoms with E-state index in [2.05, 4.69) is 63.4 Å². The Labute approximate surface area is 181 Å². The first-order chi connectivity index (χ1) is 15.3. The highest BCUT2D eigenvalue weighted by Gasteiger charge is 2.27. The van der Waals surface area contributed by atoms with Crippen LogP contribution in [-0.4, -0.2) is 16.2 Å². The van der Waals surface area contributed by atoms with Crippen molar-refractivity contribution in [2.45, 2.75) is 19.3 Å². The van der Waals surface area contributed by atoms with Crippen molar-refractivity contribution in [1.29, 1.82) is 0 Å². The van der Waals surface area contributed by atoms with Crippen molar-refractivity contribution in [2.24, 2.45) is 10.7 Å². The average molecular weight is 406 g/mol. The van der Waals surface area contributed by atoms with Gasteiger partial charge < -0.3 is 10.6 Å². The van der Waals surface area contributed by atoms with Gasteiger partial charge in [-0.3, -0.25) is 15.0 Å². The number of benzene rings is 2. The lowest BCUT2D eigenvalue weighted by Gasteiger charge is -2.35. The van der Waals surface area contributed by atoms with Crippen LogP contribution in [0.25, 0.3) is 11.1 Å². The van der Waals surface area contributed by atoms with Crippen molar-refractivity contribution in [3.05, 3.63) is 114 Å². The quantitative estimate of drug-likeness (QED) is 0.521. The zero-order chi connectivity index (χ0) is 21.0. The number of nitrogens with two attached hydrogens (primary N) is 1. The summed E-state index contributed by atoms with van der Waals surface area (Å²) in [5.74, 6) is 0. The molecule has 5 heteroatoms. The molecule has 0 saturated carbocycles. The van der Waals surface area contributed by atoms with Gasteiger partial charge in [0, 0.05) is 48.2 Å². The number of fused-ring (bicyclic) bond motifs is 1. The molecule has 1 aliphatic heterocycles. The van der Waals surface area contributed by atoms with Crippen LogP contribution in [0, 0.1) is 0 Å². The molecule has 1 atom stereocenters. The molecule has 0 fully saturated rings. The molecule has 31 heavy (non-hydrogen) atoms. The van der Waals surface area contributed by atoms with Gasteiger partial charge in [-0.1, -0.05) is 48.5 Å². The number of nitrogens with zero attached hydrogens (tertiary/aromatic N) is 4. The molecule has 3 heterocycles. The number of rotatable bonds is 5. The molecule has 0 amide bonds. The molecule has 1 unspecified atom stereocenters. The summed E-state index contributed by atoms with van der Waals surface area (Å²) >= 11 is 0. The number of aromatic nitrogens is 2. The number of pyridine rings is 2. The third-order valence-electron chi connectivity index (χ3n) is 5.53. The second-order valence-corrected chi connectivity index (χ2v) is 7.54. The zero-order valence-corrected chi connectivity index (χ0v) is 17.1. The molecule has 152 valence electrons. The van der Waals surface area contributed by atoms with E-state index in [-0.39, 0.29) is 6.17 Å². The Bertz CT molecular complexity index is 1200. The van der Waals surface area contributed by atoms with Crippen molar-refractivity contribution in [3.8, 4) is 11.1 Å². The van der Waals surface area contributed by atoms with E-state index >= 15 is 0 Å². The van der Waals surface area contributed by atoms with Crippen molar-refractivity contribution in [3.63, 3.8) is 0 Å². The summed E-state index contributed by atoms with van der Waals surface area (Å²) in [6.45, 7) is 1.09. The monoisotopic (exact) mass is 405 g/mol. The van der Waals surface area contributed by atoms with Crippen LogP contribution >= 0.6 is 0 Å². The minimum atomic E-state index is -0.195. The third kappa shape index (κ3) is 3.83. The van der Waals surface area contributed by atoms with Crippen LogP contribution in [0.1, 0.15) is 28.6 Å². The molecule has 4 aromatic rings. The number of aliphatic imine (C=N–C) groups is 1. The molecule has 1 aliphatic rings. The maximum Gasteiger partial charge on any atom is 0.149 e. The van der Waals surface area contributed by atoms with E-state index in [0.717, 1.165) is 28.1 Å². The van der Waals surface area contributed by atoms with Crippen LogP contribution in [0.3, 0.4) is 0 Å². The van der Waals surface area contributed by atoms with Crippen LogP contribution in [0.5, 0.6) is 0 Å². The predicted octanol–water partition coefficient (Wildman–Crippen LogP) is 4.74. The molecule has 0 aliphatic carbocycles. The Morgan fingerprint density at radius 2 is 1.77 bits per heavy atom. The number of anilines is 1. The molecule has 5 rings (SSSR count). The van der Waals surface area contributed by atoms with Gasteiger partial charge in [0.25, 0.3) is 0 Å². The molecule has 2 aromatic heterocycles. The first-order valence-electron chi connectivity index (χ1n) is 10.4. The summed E-state index contributed by atoms with van der Waals surface area (Å²) in [5, 5.41) is 0. The van der Waals surface area contributed by atoms with E-state index in [1.54, 1.807) is 6.20 Å². The summed E-state index contributed by atoms with van der Waals surface area (Å²) in [6, 6.07) is 24.9. The third-order valence-corrected chi connectivity index (χ3v) is 5.53. The van der Waals surface area contributed by atoms with Crippen molar-refractivity contribution < 1.29 is 0 Å². The summed E-state index contributed by atoms with van der Waals surface area (Å²) in [5.41, 5.74) is 13.5. The summed E-state index contributed by atoms with van der Waals surface area (Å²) in [4.78, 5) is 16.2. The van der Waals surface area contributed by atoms with E-state index in [1.807, 2.05) is 42.9 Å². The van der Waals surface area contributed by atoms with Gasteiger partial charge in [-0.05, 0) is 41.0 Å². The summed E-state index contributed by atoms with van der Waals surface area (Å²) in [7, 11) is 0. The van der Waals surface area contributed by atoms with Crippen LogP contribution < -0.4 is 10.6 Å². The Hall–Kier alpha value is -3.83. The highest BCUT2D eigenvalue weighted by molar-refractivity contribution is 5.98.